The predicted molar refractivity (Wildman–Crippen MR) is 69.9 cm³/mol. The molecule has 3 nitrogen and oxygen atoms in total. The zero-order chi connectivity index (χ0) is 13.0. The van der Waals surface area contributed by atoms with Gasteiger partial charge in [-0.15, -0.1) is 0 Å². The third-order valence-electron chi connectivity index (χ3n) is 2.39. The third kappa shape index (κ3) is 2.81. The van der Waals surface area contributed by atoms with Crippen molar-refractivity contribution in [2.24, 2.45) is 0 Å². The average molecular weight is 263 g/mol. The van der Waals surface area contributed by atoms with Crippen molar-refractivity contribution in [1.82, 2.24) is 0 Å². The summed E-state index contributed by atoms with van der Waals surface area (Å²) in [5, 5.41) is 0.499. The van der Waals surface area contributed by atoms with Crippen LogP contribution in [0, 0.1) is 0 Å². The van der Waals surface area contributed by atoms with E-state index in [1.807, 2.05) is 0 Å². The Balaban J connectivity index is 2.24. The maximum atomic E-state index is 10.9. The minimum absolute atomic E-state index is 0.415. The van der Waals surface area contributed by atoms with Crippen molar-refractivity contribution < 1.29 is 14.3 Å². The van der Waals surface area contributed by atoms with E-state index in [4.69, 9.17) is 21.1 Å². The van der Waals surface area contributed by atoms with Crippen LogP contribution in [0.15, 0.2) is 42.5 Å². The standard InChI is InChI=1S/C14H11ClO3/c1-17-12-3-5-13(6-4-12)18-14-7-2-11(15)8-10(14)9-16/h2-9H,1H3. The molecule has 0 aliphatic rings. The normalized spacial score (nSPS) is 9.89. The van der Waals surface area contributed by atoms with Crippen LogP contribution in [0.3, 0.4) is 0 Å². The average Bonchev–Trinajstić information content (AvgIpc) is 2.41. The van der Waals surface area contributed by atoms with E-state index in [-0.39, 0.29) is 0 Å². The number of ether oxygens (including phenoxy) is 2. The molecule has 0 fully saturated rings. The summed E-state index contributed by atoms with van der Waals surface area (Å²) in [6, 6.07) is 12.0. The second-order valence-electron chi connectivity index (χ2n) is 3.58. The molecular weight excluding hydrogens is 252 g/mol. The second-order valence-corrected chi connectivity index (χ2v) is 4.01. The molecule has 92 valence electrons. The van der Waals surface area contributed by atoms with E-state index in [9.17, 15) is 4.79 Å². The zero-order valence-corrected chi connectivity index (χ0v) is 10.5. The summed E-state index contributed by atoms with van der Waals surface area (Å²) < 4.78 is 10.7. The van der Waals surface area contributed by atoms with Gasteiger partial charge in [0.1, 0.15) is 17.2 Å². The second kappa shape index (κ2) is 5.56. The van der Waals surface area contributed by atoms with Gasteiger partial charge in [-0.05, 0) is 42.5 Å². The largest absolute Gasteiger partial charge is 0.497 e. The number of aldehydes is 1. The summed E-state index contributed by atoms with van der Waals surface area (Å²) in [7, 11) is 1.60. The summed E-state index contributed by atoms with van der Waals surface area (Å²) in [5.74, 6) is 1.84. The Morgan fingerprint density at radius 3 is 2.33 bits per heavy atom. The van der Waals surface area contributed by atoms with E-state index < -0.39 is 0 Å². The first-order chi connectivity index (χ1) is 8.72. The molecule has 0 aliphatic carbocycles. The number of hydrogen-bond acceptors (Lipinski definition) is 3. The van der Waals surface area contributed by atoms with Crippen LogP contribution in [-0.4, -0.2) is 13.4 Å². The number of carbonyl (C=O) groups is 1. The molecule has 0 aliphatic heterocycles. The van der Waals surface area contributed by atoms with E-state index in [0.29, 0.717) is 28.4 Å². The molecule has 4 heteroatoms. The molecule has 2 aromatic rings. The molecule has 0 spiro atoms. The van der Waals surface area contributed by atoms with Gasteiger partial charge >= 0.3 is 0 Å². The fraction of sp³-hybridized carbons (Fsp3) is 0.0714. The lowest BCUT2D eigenvalue weighted by Crippen LogP contribution is -1.90. The van der Waals surface area contributed by atoms with Gasteiger partial charge in [0.05, 0.1) is 12.7 Å². The Kier molecular flexibility index (Phi) is 3.85. The highest BCUT2D eigenvalue weighted by Crippen LogP contribution is 2.27. The third-order valence-corrected chi connectivity index (χ3v) is 2.62. The smallest absolute Gasteiger partial charge is 0.153 e. The quantitative estimate of drug-likeness (QED) is 0.783. The Morgan fingerprint density at radius 1 is 1.06 bits per heavy atom. The van der Waals surface area contributed by atoms with Crippen LogP contribution in [0.4, 0.5) is 0 Å². The lowest BCUT2D eigenvalue weighted by atomic mass is 10.2. The fourth-order valence-corrected chi connectivity index (χ4v) is 1.66. The summed E-state index contributed by atoms with van der Waals surface area (Å²) in [5.41, 5.74) is 0.415. The van der Waals surface area contributed by atoms with Gasteiger partial charge in [-0.3, -0.25) is 4.79 Å². The van der Waals surface area contributed by atoms with Crippen molar-refractivity contribution in [1.29, 1.82) is 0 Å². The molecule has 2 aromatic carbocycles. The number of rotatable bonds is 4. The maximum absolute atomic E-state index is 10.9. The van der Waals surface area contributed by atoms with Crippen molar-refractivity contribution in [3.63, 3.8) is 0 Å². The molecule has 0 saturated carbocycles. The molecule has 0 N–H and O–H groups in total. The van der Waals surface area contributed by atoms with Gasteiger partial charge in [-0.2, -0.15) is 0 Å². The minimum atomic E-state index is 0.415. The molecule has 0 heterocycles. The Hall–Kier alpha value is -2.00. The van der Waals surface area contributed by atoms with Crippen LogP contribution < -0.4 is 9.47 Å². The highest BCUT2D eigenvalue weighted by molar-refractivity contribution is 6.30. The van der Waals surface area contributed by atoms with E-state index in [1.54, 1.807) is 49.6 Å². The highest BCUT2D eigenvalue weighted by Gasteiger charge is 2.05. The van der Waals surface area contributed by atoms with E-state index >= 15 is 0 Å². The van der Waals surface area contributed by atoms with Gasteiger partial charge in [-0.25, -0.2) is 0 Å². The van der Waals surface area contributed by atoms with Crippen molar-refractivity contribution in [3.05, 3.63) is 53.1 Å². The van der Waals surface area contributed by atoms with Crippen molar-refractivity contribution >= 4 is 17.9 Å². The van der Waals surface area contributed by atoms with Crippen LogP contribution in [0.5, 0.6) is 17.2 Å². The fourth-order valence-electron chi connectivity index (χ4n) is 1.48. The van der Waals surface area contributed by atoms with Gasteiger partial charge in [0, 0.05) is 5.02 Å². The molecule has 2 rings (SSSR count). The molecule has 0 bridgehead atoms. The molecule has 0 unspecified atom stereocenters. The van der Waals surface area contributed by atoms with Crippen molar-refractivity contribution in [2.75, 3.05) is 7.11 Å². The van der Waals surface area contributed by atoms with Crippen LogP contribution >= 0.6 is 11.6 Å². The highest BCUT2D eigenvalue weighted by atomic mass is 35.5. The first-order valence-corrected chi connectivity index (χ1v) is 5.67. The van der Waals surface area contributed by atoms with Crippen LogP contribution in [0.1, 0.15) is 10.4 Å². The van der Waals surface area contributed by atoms with Crippen LogP contribution in [-0.2, 0) is 0 Å². The first-order valence-electron chi connectivity index (χ1n) is 5.29. The van der Waals surface area contributed by atoms with Gasteiger partial charge in [0.15, 0.2) is 6.29 Å². The van der Waals surface area contributed by atoms with Crippen LogP contribution in [0.2, 0.25) is 5.02 Å². The van der Waals surface area contributed by atoms with E-state index in [2.05, 4.69) is 0 Å². The van der Waals surface area contributed by atoms with Crippen LogP contribution in [0.25, 0.3) is 0 Å². The number of carbonyl (C=O) groups excluding carboxylic acids is 1. The summed E-state index contributed by atoms with van der Waals surface area (Å²) >= 11 is 5.81. The Morgan fingerprint density at radius 2 is 1.72 bits per heavy atom. The molecule has 0 atom stereocenters. The Bertz CT molecular complexity index is 549. The number of hydrogen-bond donors (Lipinski definition) is 0. The van der Waals surface area contributed by atoms with Gasteiger partial charge in [0.2, 0.25) is 0 Å². The van der Waals surface area contributed by atoms with E-state index in [1.165, 1.54) is 0 Å². The maximum Gasteiger partial charge on any atom is 0.153 e. The van der Waals surface area contributed by atoms with E-state index in [0.717, 1.165) is 5.75 Å². The number of methoxy groups -OCH3 is 1. The minimum Gasteiger partial charge on any atom is -0.497 e. The summed E-state index contributed by atoms with van der Waals surface area (Å²) in [6.45, 7) is 0. The molecule has 0 saturated heterocycles. The Labute approximate surface area is 110 Å². The topological polar surface area (TPSA) is 35.5 Å². The van der Waals surface area contributed by atoms with Crippen molar-refractivity contribution in [2.45, 2.75) is 0 Å². The molecule has 0 amide bonds. The lowest BCUT2D eigenvalue weighted by molar-refractivity contribution is 0.112. The number of benzene rings is 2. The van der Waals surface area contributed by atoms with Crippen molar-refractivity contribution in [3.8, 4) is 17.2 Å². The molecular formula is C14H11ClO3. The molecule has 0 aromatic heterocycles. The number of halogens is 1. The van der Waals surface area contributed by atoms with Gasteiger partial charge in [0.25, 0.3) is 0 Å². The molecule has 18 heavy (non-hydrogen) atoms. The van der Waals surface area contributed by atoms with Gasteiger partial charge in [-0.1, -0.05) is 11.6 Å². The first kappa shape index (κ1) is 12.5. The summed E-state index contributed by atoms with van der Waals surface area (Å²) in [6.07, 6.45) is 0.713. The SMILES string of the molecule is COc1ccc(Oc2ccc(Cl)cc2C=O)cc1. The predicted octanol–water partition coefficient (Wildman–Crippen LogP) is 3.95. The zero-order valence-electron chi connectivity index (χ0n) is 9.72. The lowest BCUT2D eigenvalue weighted by Gasteiger charge is -2.08. The molecule has 0 radical (unpaired) electrons. The monoisotopic (exact) mass is 262 g/mol. The summed E-state index contributed by atoms with van der Waals surface area (Å²) in [4.78, 5) is 10.9. The van der Waals surface area contributed by atoms with Gasteiger partial charge < -0.3 is 9.47 Å².